The van der Waals surface area contributed by atoms with Crippen molar-refractivity contribution in [2.75, 3.05) is 6.54 Å². The van der Waals surface area contributed by atoms with Crippen LogP contribution in [-0.2, 0) is 0 Å². The Labute approximate surface area is 121 Å². The second kappa shape index (κ2) is 5.34. The van der Waals surface area contributed by atoms with Crippen LogP contribution < -0.4 is 10.1 Å². The standard InChI is InChI=1S/C16H24ClNO/c1-6-16(5)9-12(18-7-2)14-11(4)15(17)10(3)8-13(14)19-16/h8,12,18H,6-7,9H2,1-5H3. The highest BCUT2D eigenvalue weighted by Crippen LogP contribution is 2.45. The zero-order valence-electron chi connectivity index (χ0n) is 12.6. The molecule has 0 amide bonds. The second-order valence-electron chi connectivity index (χ2n) is 5.76. The fourth-order valence-electron chi connectivity index (χ4n) is 2.93. The Morgan fingerprint density at radius 1 is 1.42 bits per heavy atom. The van der Waals surface area contributed by atoms with Gasteiger partial charge in [0.1, 0.15) is 11.4 Å². The Bertz CT molecular complexity index is 486. The summed E-state index contributed by atoms with van der Waals surface area (Å²) in [5, 5.41) is 4.45. The van der Waals surface area contributed by atoms with Crippen molar-refractivity contribution in [3.63, 3.8) is 0 Å². The summed E-state index contributed by atoms with van der Waals surface area (Å²) in [6, 6.07) is 2.42. The van der Waals surface area contributed by atoms with Crippen molar-refractivity contribution in [1.29, 1.82) is 0 Å². The second-order valence-corrected chi connectivity index (χ2v) is 6.14. The number of fused-ring (bicyclic) bond motifs is 1. The van der Waals surface area contributed by atoms with Crippen molar-refractivity contribution < 1.29 is 4.74 Å². The number of benzene rings is 1. The van der Waals surface area contributed by atoms with Crippen molar-refractivity contribution in [2.24, 2.45) is 0 Å². The molecule has 2 nitrogen and oxygen atoms in total. The molecule has 2 atom stereocenters. The monoisotopic (exact) mass is 281 g/mol. The van der Waals surface area contributed by atoms with E-state index in [0.29, 0.717) is 6.04 Å². The molecule has 1 aromatic rings. The summed E-state index contributed by atoms with van der Waals surface area (Å²) in [4.78, 5) is 0. The van der Waals surface area contributed by atoms with Crippen LogP contribution in [0.2, 0.25) is 5.02 Å². The highest BCUT2D eigenvalue weighted by atomic mass is 35.5. The Morgan fingerprint density at radius 2 is 2.11 bits per heavy atom. The fraction of sp³-hybridized carbons (Fsp3) is 0.625. The summed E-state index contributed by atoms with van der Waals surface area (Å²) in [5.74, 6) is 1.00. The van der Waals surface area contributed by atoms with E-state index in [1.54, 1.807) is 0 Å². The fourth-order valence-corrected chi connectivity index (χ4v) is 3.09. The van der Waals surface area contributed by atoms with E-state index >= 15 is 0 Å². The predicted molar refractivity (Wildman–Crippen MR) is 81.3 cm³/mol. The smallest absolute Gasteiger partial charge is 0.125 e. The maximum absolute atomic E-state index is 6.40. The number of hydrogen-bond acceptors (Lipinski definition) is 2. The highest BCUT2D eigenvalue weighted by molar-refractivity contribution is 6.32. The first-order valence-corrected chi connectivity index (χ1v) is 7.51. The van der Waals surface area contributed by atoms with Gasteiger partial charge in [-0.25, -0.2) is 0 Å². The van der Waals surface area contributed by atoms with E-state index in [1.165, 1.54) is 5.56 Å². The molecule has 1 aliphatic heterocycles. The van der Waals surface area contributed by atoms with Crippen LogP contribution in [0.4, 0.5) is 0 Å². The van der Waals surface area contributed by atoms with Gasteiger partial charge >= 0.3 is 0 Å². The molecule has 0 radical (unpaired) electrons. The summed E-state index contributed by atoms with van der Waals surface area (Å²) in [6.07, 6.45) is 2.00. The summed E-state index contributed by atoms with van der Waals surface area (Å²) in [7, 11) is 0. The minimum Gasteiger partial charge on any atom is -0.487 e. The van der Waals surface area contributed by atoms with Gasteiger partial charge in [0.15, 0.2) is 0 Å². The predicted octanol–water partition coefficient (Wildman–Crippen LogP) is 4.56. The van der Waals surface area contributed by atoms with E-state index in [1.807, 2.05) is 6.92 Å². The summed E-state index contributed by atoms with van der Waals surface area (Å²) in [6.45, 7) is 11.6. The molecule has 0 saturated carbocycles. The maximum Gasteiger partial charge on any atom is 0.125 e. The molecule has 106 valence electrons. The van der Waals surface area contributed by atoms with Crippen molar-refractivity contribution in [3.8, 4) is 5.75 Å². The molecule has 0 bridgehead atoms. The molecule has 0 spiro atoms. The van der Waals surface area contributed by atoms with Gasteiger partial charge in [0, 0.05) is 23.0 Å². The number of nitrogens with one attached hydrogen (secondary N) is 1. The van der Waals surface area contributed by atoms with Gasteiger partial charge in [0.2, 0.25) is 0 Å². The lowest BCUT2D eigenvalue weighted by atomic mass is 9.84. The normalized spacial score (nSPS) is 25.9. The first-order valence-electron chi connectivity index (χ1n) is 7.14. The molecule has 1 aromatic carbocycles. The van der Waals surface area contributed by atoms with Crippen LogP contribution in [0.25, 0.3) is 0 Å². The van der Waals surface area contributed by atoms with Gasteiger partial charge < -0.3 is 10.1 Å². The largest absolute Gasteiger partial charge is 0.487 e. The lowest BCUT2D eigenvalue weighted by Gasteiger charge is -2.41. The van der Waals surface area contributed by atoms with Gasteiger partial charge in [0.05, 0.1) is 0 Å². The van der Waals surface area contributed by atoms with Crippen molar-refractivity contribution >= 4 is 11.6 Å². The lowest BCUT2D eigenvalue weighted by Crippen LogP contribution is -2.41. The molecule has 2 rings (SSSR count). The average Bonchev–Trinajstić information content (AvgIpc) is 2.36. The van der Waals surface area contributed by atoms with Crippen LogP contribution in [0.5, 0.6) is 5.75 Å². The molecule has 2 unspecified atom stereocenters. The number of ether oxygens (including phenoxy) is 1. The topological polar surface area (TPSA) is 21.3 Å². The lowest BCUT2D eigenvalue weighted by molar-refractivity contribution is 0.0442. The van der Waals surface area contributed by atoms with Gasteiger partial charge in [-0.15, -0.1) is 0 Å². The molecule has 1 heterocycles. The minimum absolute atomic E-state index is 0.0907. The molecule has 0 saturated heterocycles. The zero-order valence-corrected chi connectivity index (χ0v) is 13.3. The number of halogens is 1. The van der Waals surface area contributed by atoms with Gasteiger partial charge in [-0.1, -0.05) is 25.4 Å². The quantitative estimate of drug-likeness (QED) is 0.877. The Kier molecular flexibility index (Phi) is 4.12. The number of hydrogen-bond donors (Lipinski definition) is 1. The molecule has 1 N–H and O–H groups in total. The Balaban J connectivity index is 2.55. The third-order valence-corrected chi connectivity index (χ3v) is 4.81. The van der Waals surface area contributed by atoms with Crippen LogP contribution in [0.15, 0.2) is 6.07 Å². The third kappa shape index (κ3) is 2.61. The van der Waals surface area contributed by atoms with E-state index in [-0.39, 0.29) is 5.60 Å². The molecule has 0 aliphatic carbocycles. The zero-order chi connectivity index (χ0) is 14.2. The molecule has 3 heteroatoms. The molecular formula is C16H24ClNO. The molecular weight excluding hydrogens is 258 g/mol. The number of aryl methyl sites for hydroxylation is 1. The minimum atomic E-state index is -0.0907. The van der Waals surface area contributed by atoms with Crippen molar-refractivity contribution in [2.45, 2.75) is 59.1 Å². The molecule has 19 heavy (non-hydrogen) atoms. The van der Waals surface area contributed by atoms with E-state index in [9.17, 15) is 0 Å². The average molecular weight is 282 g/mol. The van der Waals surface area contributed by atoms with E-state index in [2.05, 4.69) is 39.1 Å². The summed E-state index contributed by atoms with van der Waals surface area (Å²) < 4.78 is 6.26. The van der Waals surface area contributed by atoms with Crippen LogP contribution in [0.3, 0.4) is 0 Å². The van der Waals surface area contributed by atoms with Crippen molar-refractivity contribution in [1.82, 2.24) is 5.32 Å². The van der Waals surface area contributed by atoms with Crippen LogP contribution in [0, 0.1) is 13.8 Å². The Morgan fingerprint density at radius 3 is 2.68 bits per heavy atom. The molecule has 0 aromatic heterocycles. The van der Waals surface area contributed by atoms with Gasteiger partial charge in [-0.3, -0.25) is 0 Å². The van der Waals surface area contributed by atoms with Crippen LogP contribution in [0.1, 0.15) is 56.3 Å². The SMILES string of the molecule is CCNC1CC(C)(CC)Oc2cc(C)c(Cl)c(C)c21. The maximum atomic E-state index is 6.40. The van der Waals surface area contributed by atoms with E-state index in [4.69, 9.17) is 16.3 Å². The third-order valence-electron chi connectivity index (χ3n) is 4.23. The van der Waals surface area contributed by atoms with Gasteiger partial charge in [-0.2, -0.15) is 0 Å². The van der Waals surface area contributed by atoms with E-state index in [0.717, 1.165) is 41.3 Å². The van der Waals surface area contributed by atoms with Crippen molar-refractivity contribution in [3.05, 3.63) is 27.8 Å². The van der Waals surface area contributed by atoms with Crippen LogP contribution >= 0.6 is 11.6 Å². The highest BCUT2D eigenvalue weighted by Gasteiger charge is 2.37. The first-order chi connectivity index (χ1) is 8.91. The van der Waals surface area contributed by atoms with Gasteiger partial charge in [-0.05, 0) is 50.9 Å². The van der Waals surface area contributed by atoms with Gasteiger partial charge in [0.25, 0.3) is 0 Å². The Hall–Kier alpha value is -0.730. The van der Waals surface area contributed by atoms with Crippen LogP contribution in [-0.4, -0.2) is 12.1 Å². The first kappa shape index (κ1) is 14.7. The summed E-state index contributed by atoms with van der Waals surface area (Å²) >= 11 is 6.40. The number of rotatable bonds is 3. The van der Waals surface area contributed by atoms with E-state index < -0.39 is 0 Å². The molecule has 1 aliphatic rings. The summed E-state index contributed by atoms with van der Waals surface area (Å²) in [5.41, 5.74) is 3.39. The molecule has 0 fully saturated rings.